The molecular weight excluding hydrogens is 224 g/mol. The van der Waals surface area contributed by atoms with E-state index in [0.717, 1.165) is 29.8 Å². The van der Waals surface area contributed by atoms with Crippen LogP contribution in [0.5, 0.6) is 0 Å². The molecule has 2 aromatic rings. The van der Waals surface area contributed by atoms with Crippen molar-refractivity contribution in [2.24, 2.45) is 0 Å². The summed E-state index contributed by atoms with van der Waals surface area (Å²) < 4.78 is 1.84. The van der Waals surface area contributed by atoms with Crippen LogP contribution in [0.4, 0.5) is 0 Å². The van der Waals surface area contributed by atoms with Crippen molar-refractivity contribution in [3.63, 3.8) is 0 Å². The Labute approximate surface area is 98.5 Å². The first-order valence-electron chi connectivity index (χ1n) is 5.14. The van der Waals surface area contributed by atoms with Gasteiger partial charge in [0.1, 0.15) is 17.9 Å². The summed E-state index contributed by atoms with van der Waals surface area (Å²) in [5.74, 6) is 0.897. The van der Waals surface area contributed by atoms with Crippen LogP contribution in [-0.2, 0) is 13.0 Å². The number of hydrogen-bond acceptors (Lipinski definition) is 3. The molecule has 4 nitrogen and oxygen atoms in total. The number of halogens is 1. The van der Waals surface area contributed by atoms with Crippen molar-refractivity contribution >= 4 is 22.8 Å². The van der Waals surface area contributed by atoms with Gasteiger partial charge in [-0.15, -0.1) is 0 Å². The zero-order valence-electron chi connectivity index (χ0n) is 8.94. The zero-order valence-corrected chi connectivity index (χ0v) is 9.70. The lowest BCUT2D eigenvalue weighted by Gasteiger charge is -2.01. The predicted octanol–water partition coefficient (Wildman–Crippen LogP) is 2.56. The van der Waals surface area contributed by atoms with Crippen LogP contribution in [-0.4, -0.2) is 14.5 Å². The maximum Gasteiger partial charge on any atom is 0.161 e. The lowest BCUT2D eigenvalue weighted by atomic mass is 10.3. The molecule has 0 saturated carbocycles. The molecule has 0 amide bonds. The Hall–Kier alpha value is -1.60. The lowest BCUT2D eigenvalue weighted by molar-refractivity contribution is 0.733. The fourth-order valence-corrected chi connectivity index (χ4v) is 1.84. The number of aromatic nitrogens is 3. The van der Waals surface area contributed by atoms with E-state index in [4.69, 9.17) is 16.9 Å². The van der Waals surface area contributed by atoms with Crippen molar-refractivity contribution in [3.8, 4) is 6.07 Å². The first-order valence-corrected chi connectivity index (χ1v) is 5.51. The van der Waals surface area contributed by atoms with Crippen LogP contribution in [0.1, 0.15) is 19.2 Å². The van der Waals surface area contributed by atoms with Crippen molar-refractivity contribution < 1.29 is 0 Å². The van der Waals surface area contributed by atoms with Gasteiger partial charge in [0.05, 0.1) is 11.1 Å². The minimum absolute atomic E-state index is 0.278. The van der Waals surface area contributed by atoms with E-state index in [2.05, 4.69) is 23.0 Å². The molecule has 0 N–H and O–H groups in total. The summed E-state index contributed by atoms with van der Waals surface area (Å²) in [5, 5.41) is 9.36. The standard InChI is InChI=1S/C11H11ClN4/c1-2-3-10-15-9-6-8(12)7-14-11(9)16(10)5-4-13/h6-7H,2-3,5H2,1H3. The Morgan fingerprint density at radius 2 is 2.38 bits per heavy atom. The molecule has 0 atom stereocenters. The van der Waals surface area contributed by atoms with Crippen molar-refractivity contribution in [3.05, 3.63) is 23.1 Å². The Kier molecular flexibility index (Phi) is 3.07. The summed E-state index contributed by atoms with van der Waals surface area (Å²) >= 11 is 5.86. The molecule has 0 spiro atoms. The van der Waals surface area contributed by atoms with Gasteiger partial charge in [0.15, 0.2) is 5.65 Å². The van der Waals surface area contributed by atoms with Gasteiger partial charge < -0.3 is 0 Å². The molecule has 5 heteroatoms. The van der Waals surface area contributed by atoms with E-state index in [1.807, 2.05) is 4.57 Å². The Bertz CT molecular complexity index is 553. The highest BCUT2D eigenvalue weighted by atomic mass is 35.5. The second-order valence-corrected chi connectivity index (χ2v) is 3.95. The number of nitriles is 1. The summed E-state index contributed by atoms with van der Waals surface area (Å²) in [4.78, 5) is 8.67. The Balaban J connectivity index is 2.61. The van der Waals surface area contributed by atoms with E-state index in [1.54, 1.807) is 12.3 Å². The fraction of sp³-hybridized carbons (Fsp3) is 0.364. The topological polar surface area (TPSA) is 54.5 Å². The van der Waals surface area contributed by atoms with Crippen LogP contribution >= 0.6 is 11.6 Å². The largest absolute Gasteiger partial charge is 0.299 e. The molecule has 0 unspecified atom stereocenters. The van der Waals surface area contributed by atoms with E-state index in [1.165, 1.54) is 0 Å². The maximum atomic E-state index is 8.79. The van der Waals surface area contributed by atoms with Gasteiger partial charge in [-0.3, -0.25) is 4.57 Å². The zero-order chi connectivity index (χ0) is 11.5. The van der Waals surface area contributed by atoms with Gasteiger partial charge in [0.2, 0.25) is 0 Å². The van der Waals surface area contributed by atoms with E-state index >= 15 is 0 Å². The van der Waals surface area contributed by atoms with Crippen LogP contribution in [0, 0.1) is 11.3 Å². The van der Waals surface area contributed by atoms with Gasteiger partial charge in [0.25, 0.3) is 0 Å². The smallest absolute Gasteiger partial charge is 0.161 e. The van der Waals surface area contributed by atoms with Crippen LogP contribution < -0.4 is 0 Å². The van der Waals surface area contributed by atoms with Gasteiger partial charge in [0, 0.05) is 12.6 Å². The highest BCUT2D eigenvalue weighted by Crippen LogP contribution is 2.18. The summed E-state index contributed by atoms with van der Waals surface area (Å²) in [6.07, 6.45) is 3.41. The highest BCUT2D eigenvalue weighted by molar-refractivity contribution is 6.31. The van der Waals surface area contributed by atoms with Crippen LogP contribution in [0.2, 0.25) is 5.02 Å². The van der Waals surface area contributed by atoms with Crippen molar-refractivity contribution in [2.75, 3.05) is 0 Å². The number of pyridine rings is 1. The van der Waals surface area contributed by atoms with Crippen molar-refractivity contribution in [1.82, 2.24) is 14.5 Å². The lowest BCUT2D eigenvalue weighted by Crippen LogP contribution is -2.03. The number of aryl methyl sites for hydroxylation is 1. The summed E-state index contributed by atoms with van der Waals surface area (Å²) in [7, 11) is 0. The maximum absolute atomic E-state index is 8.79. The quantitative estimate of drug-likeness (QED) is 0.820. The molecule has 0 aliphatic carbocycles. The molecule has 2 aromatic heterocycles. The molecule has 0 aliphatic rings. The molecule has 0 bridgehead atoms. The first-order chi connectivity index (χ1) is 7.76. The summed E-state index contributed by atoms with van der Waals surface area (Å²) in [6.45, 7) is 2.36. The van der Waals surface area contributed by atoms with E-state index < -0.39 is 0 Å². The first kappa shape index (κ1) is 10.9. The molecule has 0 saturated heterocycles. The minimum Gasteiger partial charge on any atom is -0.299 e. The van der Waals surface area contributed by atoms with Crippen LogP contribution in [0.15, 0.2) is 12.3 Å². The van der Waals surface area contributed by atoms with E-state index in [9.17, 15) is 0 Å². The molecule has 0 fully saturated rings. The van der Waals surface area contributed by atoms with Gasteiger partial charge in [-0.25, -0.2) is 9.97 Å². The van der Waals surface area contributed by atoms with E-state index in [-0.39, 0.29) is 6.54 Å². The van der Waals surface area contributed by atoms with Gasteiger partial charge in [-0.1, -0.05) is 18.5 Å². The predicted molar refractivity (Wildman–Crippen MR) is 62.1 cm³/mol. The molecule has 82 valence electrons. The number of nitrogens with zero attached hydrogens (tertiary/aromatic N) is 4. The van der Waals surface area contributed by atoms with Gasteiger partial charge in [-0.05, 0) is 12.5 Å². The molecule has 2 rings (SSSR count). The number of imidazole rings is 1. The molecule has 16 heavy (non-hydrogen) atoms. The van der Waals surface area contributed by atoms with Gasteiger partial charge >= 0.3 is 0 Å². The molecule has 0 aromatic carbocycles. The average Bonchev–Trinajstić information content (AvgIpc) is 2.57. The monoisotopic (exact) mass is 234 g/mol. The number of hydrogen-bond donors (Lipinski definition) is 0. The number of rotatable bonds is 3. The molecule has 2 heterocycles. The SMILES string of the molecule is CCCc1nc2cc(Cl)cnc2n1CC#N. The molecular formula is C11H11ClN4. The van der Waals surface area contributed by atoms with Gasteiger partial charge in [-0.2, -0.15) is 5.26 Å². The minimum atomic E-state index is 0.278. The third-order valence-electron chi connectivity index (χ3n) is 2.33. The third-order valence-corrected chi connectivity index (χ3v) is 2.54. The molecule has 0 radical (unpaired) electrons. The van der Waals surface area contributed by atoms with Crippen molar-refractivity contribution in [1.29, 1.82) is 5.26 Å². The van der Waals surface area contributed by atoms with Crippen LogP contribution in [0.25, 0.3) is 11.2 Å². The summed E-state index contributed by atoms with van der Waals surface area (Å²) in [5.41, 5.74) is 1.49. The van der Waals surface area contributed by atoms with Crippen molar-refractivity contribution in [2.45, 2.75) is 26.3 Å². The summed E-state index contributed by atoms with van der Waals surface area (Å²) in [6, 6.07) is 3.90. The second-order valence-electron chi connectivity index (χ2n) is 3.52. The Morgan fingerprint density at radius 1 is 1.56 bits per heavy atom. The normalized spacial score (nSPS) is 10.6. The van der Waals surface area contributed by atoms with E-state index in [0.29, 0.717) is 5.02 Å². The fourth-order valence-electron chi connectivity index (χ4n) is 1.68. The van der Waals surface area contributed by atoms with Crippen LogP contribution in [0.3, 0.4) is 0 Å². The second kappa shape index (κ2) is 4.50. The average molecular weight is 235 g/mol. The number of fused-ring (bicyclic) bond motifs is 1. The molecule has 0 aliphatic heterocycles. The Morgan fingerprint density at radius 3 is 3.06 bits per heavy atom. The highest BCUT2D eigenvalue weighted by Gasteiger charge is 2.10. The third kappa shape index (κ3) is 1.86.